The zero-order valence-electron chi connectivity index (χ0n) is 43.7. The summed E-state index contributed by atoms with van der Waals surface area (Å²) in [5.41, 5.74) is 0. The van der Waals surface area contributed by atoms with E-state index in [1.807, 2.05) is 0 Å². The molecule has 0 spiro atoms. The predicted molar refractivity (Wildman–Crippen MR) is 222 cm³/mol. The molecule has 0 aromatic carbocycles. The fraction of sp³-hybridized carbons (Fsp3) is 0.955. The minimum absolute atomic E-state index is 0.0622. The number of phosphoric ester groups is 1. The maximum Gasteiger partial charge on any atom is 0.306 e. The van der Waals surface area contributed by atoms with E-state index in [1.54, 1.807) is 0 Å². The first kappa shape index (κ1) is 38.5. The van der Waals surface area contributed by atoms with Crippen LogP contribution in [0.2, 0.25) is 0 Å². The van der Waals surface area contributed by atoms with E-state index in [0.717, 1.165) is 44.9 Å². The summed E-state index contributed by atoms with van der Waals surface area (Å²) in [7, 11) is -5.32. The van der Waals surface area contributed by atoms with Crippen molar-refractivity contribution in [3.05, 3.63) is 0 Å². The molecule has 0 saturated heterocycles. The number of likely N-dealkylation sites (N-methyl/N-ethyl adjacent to an activating group) is 1. The second-order valence-corrected chi connectivity index (χ2v) is 16.7. The van der Waals surface area contributed by atoms with Gasteiger partial charge in [-0.3, -0.25) is 14.2 Å². The predicted octanol–water partition coefficient (Wildman–Crippen LogP) is 12.2. The number of quaternary nitrogens is 1. The second-order valence-electron chi connectivity index (χ2n) is 15.3. The Morgan fingerprint density at radius 1 is 0.537 bits per heavy atom. The van der Waals surface area contributed by atoms with Gasteiger partial charge in [-0.2, -0.15) is 0 Å². The van der Waals surface area contributed by atoms with Crippen LogP contribution in [-0.2, 0) is 32.7 Å². The molecule has 0 bridgehead atoms. The SMILES string of the molecule is [2H]C([2H])([2H])[N+](CCOP(=O)([O-])OC[C@H](COC(=O)CCCCCCCCCCCCCCCCC)OC(=O)CCCCCCCCCCCCCCCCC)(C([2H])([2H])[2H])C([2H])([2H])[2H]. The lowest BCUT2D eigenvalue weighted by Gasteiger charge is -2.28. The molecule has 0 fully saturated rings. The zero-order chi connectivity index (χ0) is 47.5. The van der Waals surface area contributed by atoms with Gasteiger partial charge in [0.15, 0.2) is 6.10 Å². The molecule has 0 heterocycles. The number of carbonyl (C=O) groups is 2. The first-order chi connectivity index (χ1) is 29.7. The average Bonchev–Trinajstić information content (AvgIpc) is 3.19. The molecule has 0 saturated carbocycles. The fourth-order valence-corrected chi connectivity index (χ4v) is 7.13. The third-order valence-corrected chi connectivity index (χ3v) is 10.8. The number of nitrogens with zero attached hydrogens (tertiary/aromatic N) is 1. The first-order valence-corrected chi connectivity index (χ1v) is 23.5. The van der Waals surface area contributed by atoms with Gasteiger partial charge >= 0.3 is 11.9 Å². The van der Waals surface area contributed by atoms with Crippen LogP contribution in [0.3, 0.4) is 0 Å². The lowest BCUT2D eigenvalue weighted by Crippen LogP contribution is -2.37. The van der Waals surface area contributed by atoms with E-state index in [2.05, 4.69) is 13.8 Å². The van der Waals surface area contributed by atoms with Crippen molar-refractivity contribution in [1.29, 1.82) is 0 Å². The number of esters is 2. The maximum atomic E-state index is 12.8. The van der Waals surface area contributed by atoms with Crippen molar-refractivity contribution >= 4 is 19.8 Å². The van der Waals surface area contributed by atoms with Crippen molar-refractivity contribution in [2.45, 2.75) is 225 Å². The summed E-state index contributed by atoms with van der Waals surface area (Å²) in [6.07, 6.45) is 34.1. The van der Waals surface area contributed by atoms with E-state index in [9.17, 15) is 19.0 Å². The number of ether oxygens (including phenoxy) is 2. The molecular formula is C44H88NO8P. The topological polar surface area (TPSA) is 111 Å². The summed E-state index contributed by atoms with van der Waals surface area (Å²) < 4.78 is 100.0. The summed E-state index contributed by atoms with van der Waals surface area (Å²) >= 11 is 0. The molecule has 0 aliphatic heterocycles. The molecular weight excluding hydrogens is 701 g/mol. The van der Waals surface area contributed by atoms with Crippen LogP contribution in [0.4, 0.5) is 0 Å². The van der Waals surface area contributed by atoms with Gasteiger partial charge in [-0.05, 0) is 12.8 Å². The molecule has 9 nitrogen and oxygen atoms in total. The van der Waals surface area contributed by atoms with Gasteiger partial charge in [0.05, 0.1) is 39.9 Å². The molecule has 322 valence electrons. The Morgan fingerprint density at radius 2 is 0.889 bits per heavy atom. The highest BCUT2D eigenvalue weighted by atomic mass is 31.2. The van der Waals surface area contributed by atoms with E-state index in [-0.39, 0.29) is 12.8 Å². The molecule has 0 amide bonds. The quantitative estimate of drug-likeness (QED) is 0.0260. The number of unbranched alkanes of at least 4 members (excludes halogenated alkanes) is 28. The van der Waals surface area contributed by atoms with E-state index in [0.29, 0.717) is 12.8 Å². The Bertz CT molecular complexity index is 1160. The minimum atomic E-state index is -5.32. The van der Waals surface area contributed by atoms with Gasteiger partial charge < -0.3 is 27.9 Å². The van der Waals surface area contributed by atoms with Gasteiger partial charge in [-0.25, -0.2) is 0 Å². The standard InChI is InChI=1S/C44H88NO8P/c1-6-8-10-12-14-16-18-20-22-24-26-28-30-32-34-36-43(46)50-40-42(41-52-54(48,49)51-39-38-45(3,4)5)53-44(47)37-35-33-31-29-27-25-23-21-19-17-15-13-11-9-7-2/h42H,6-41H2,1-5H3/t42-/m0/s1/i3D3,4D3,5D3. The van der Waals surface area contributed by atoms with Crippen LogP contribution < -0.4 is 4.89 Å². The summed E-state index contributed by atoms with van der Waals surface area (Å²) in [5.74, 6) is -1.17. The molecule has 0 aliphatic carbocycles. The van der Waals surface area contributed by atoms with Crippen LogP contribution in [-0.4, -0.2) is 69.8 Å². The van der Waals surface area contributed by atoms with Gasteiger partial charge in [0, 0.05) is 12.8 Å². The first-order valence-electron chi connectivity index (χ1n) is 26.6. The van der Waals surface area contributed by atoms with Crippen molar-refractivity contribution in [1.82, 2.24) is 0 Å². The van der Waals surface area contributed by atoms with Gasteiger partial charge in [0.25, 0.3) is 7.82 Å². The molecule has 0 aliphatic rings. The highest BCUT2D eigenvalue weighted by Crippen LogP contribution is 2.38. The normalized spacial score (nSPS) is 16.7. The number of hydrogen-bond donors (Lipinski definition) is 0. The fourth-order valence-electron chi connectivity index (χ4n) is 6.40. The van der Waals surface area contributed by atoms with Gasteiger partial charge in [0.1, 0.15) is 19.8 Å². The van der Waals surface area contributed by atoms with Crippen LogP contribution in [0, 0.1) is 0 Å². The Hall–Kier alpha value is -0.990. The molecule has 0 N–H and O–H groups in total. The maximum absolute atomic E-state index is 12.8. The molecule has 10 heteroatoms. The molecule has 0 radical (unpaired) electrons. The number of hydrogen-bond acceptors (Lipinski definition) is 8. The van der Waals surface area contributed by atoms with Gasteiger partial charge in [-0.15, -0.1) is 0 Å². The molecule has 0 rings (SSSR count). The third-order valence-electron chi connectivity index (χ3n) is 9.79. The zero-order valence-corrected chi connectivity index (χ0v) is 35.6. The van der Waals surface area contributed by atoms with Crippen molar-refractivity contribution in [2.24, 2.45) is 0 Å². The van der Waals surface area contributed by atoms with E-state index in [1.165, 1.54) is 135 Å². The van der Waals surface area contributed by atoms with Crippen LogP contribution in [0.1, 0.15) is 232 Å². The molecule has 2 atom stereocenters. The summed E-state index contributed by atoms with van der Waals surface area (Å²) in [6, 6.07) is 0. The van der Waals surface area contributed by atoms with Crippen LogP contribution in [0.15, 0.2) is 0 Å². The van der Waals surface area contributed by atoms with Crippen LogP contribution in [0.25, 0.3) is 0 Å². The summed E-state index contributed by atoms with van der Waals surface area (Å²) in [4.78, 5) is 38.1. The van der Waals surface area contributed by atoms with E-state index in [4.69, 9.17) is 30.9 Å². The van der Waals surface area contributed by atoms with Gasteiger partial charge in [0.2, 0.25) is 0 Å². The minimum Gasteiger partial charge on any atom is -0.756 e. The lowest BCUT2D eigenvalue weighted by molar-refractivity contribution is -0.870. The smallest absolute Gasteiger partial charge is 0.306 e. The Morgan fingerprint density at radius 3 is 1.26 bits per heavy atom. The monoisotopic (exact) mass is 799 g/mol. The molecule has 0 aromatic heterocycles. The molecule has 54 heavy (non-hydrogen) atoms. The van der Waals surface area contributed by atoms with Crippen molar-refractivity contribution in [3.63, 3.8) is 0 Å². The Labute approximate surface area is 346 Å². The molecule has 1 unspecified atom stereocenters. The Balaban J connectivity index is 4.90. The van der Waals surface area contributed by atoms with Gasteiger partial charge in [-0.1, -0.05) is 194 Å². The van der Waals surface area contributed by atoms with Crippen molar-refractivity contribution < 1.29 is 54.4 Å². The highest BCUT2D eigenvalue weighted by Gasteiger charge is 2.21. The van der Waals surface area contributed by atoms with E-state index >= 15 is 0 Å². The average molecular weight is 799 g/mol. The second kappa shape index (κ2) is 37.6. The summed E-state index contributed by atoms with van der Waals surface area (Å²) in [5, 5.41) is 0. The summed E-state index contributed by atoms with van der Waals surface area (Å²) in [6.45, 7) is -9.98. The lowest BCUT2D eigenvalue weighted by atomic mass is 10.0. The van der Waals surface area contributed by atoms with Crippen molar-refractivity contribution in [2.75, 3.05) is 47.3 Å². The van der Waals surface area contributed by atoms with E-state index < -0.39 is 77.6 Å². The van der Waals surface area contributed by atoms with Crippen LogP contribution >= 0.6 is 7.82 Å². The number of carbonyl (C=O) groups excluding carboxylic acids is 2. The third kappa shape index (κ3) is 40.7. The largest absolute Gasteiger partial charge is 0.756 e. The van der Waals surface area contributed by atoms with Crippen molar-refractivity contribution in [3.8, 4) is 0 Å². The number of phosphoric acid groups is 1. The highest BCUT2D eigenvalue weighted by molar-refractivity contribution is 7.45. The molecule has 0 aromatic rings. The Kier molecular flexibility index (Phi) is 26.8. The number of rotatable bonds is 42. The van der Waals surface area contributed by atoms with Crippen LogP contribution in [0.5, 0.6) is 0 Å².